The fraction of sp³-hybridized carbons (Fsp3) is 0.136. The van der Waals surface area contributed by atoms with Gasteiger partial charge in [0.2, 0.25) is 0 Å². The lowest BCUT2D eigenvalue weighted by Gasteiger charge is -2.40. The molecule has 0 saturated heterocycles. The van der Waals surface area contributed by atoms with Crippen molar-refractivity contribution in [2.24, 2.45) is 0 Å². The van der Waals surface area contributed by atoms with E-state index < -0.39 is 23.0 Å². The molecule has 140 valence electrons. The first kappa shape index (κ1) is 17.7. The summed E-state index contributed by atoms with van der Waals surface area (Å²) in [6.07, 6.45) is -1.05. The van der Waals surface area contributed by atoms with Gasteiger partial charge in [-0.3, -0.25) is 15.0 Å². The van der Waals surface area contributed by atoms with Crippen molar-refractivity contribution in [3.8, 4) is 0 Å². The lowest BCUT2D eigenvalue weighted by atomic mass is 9.79. The Morgan fingerprint density at radius 3 is 2.11 bits per heavy atom. The molecule has 6 heteroatoms. The molecular formula is C22H18N2O4. The molecule has 1 aliphatic heterocycles. The van der Waals surface area contributed by atoms with E-state index in [1.807, 2.05) is 54.6 Å². The third kappa shape index (κ3) is 2.99. The summed E-state index contributed by atoms with van der Waals surface area (Å²) in [4.78, 5) is 24.7. The highest BCUT2D eigenvalue weighted by atomic mass is 16.6. The number of carbonyl (C=O) groups is 1. The summed E-state index contributed by atoms with van der Waals surface area (Å²) in [5.41, 5.74) is 3.18. The highest BCUT2D eigenvalue weighted by molar-refractivity contribution is 5.69. The van der Waals surface area contributed by atoms with Gasteiger partial charge in [-0.15, -0.1) is 0 Å². The average Bonchev–Trinajstić information content (AvgIpc) is 2.73. The van der Waals surface area contributed by atoms with Gasteiger partial charge < -0.3 is 5.11 Å². The number of amides is 1. The van der Waals surface area contributed by atoms with Crippen LogP contribution in [-0.4, -0.2) is 27.6 Å². The highest BCUT2D eigenvalue weighted by Crippen LogP contribution is 2.44. The third-order valence-electron chi connectivity index (χ3n) is 5.23. The Labute approximate surface area is 161 Å². The monoisotopic (exact) mass is 374 g/mol. The molecule has 1 amide bonds. The molecule has 1 heterocycles. The van der Waals surface area contributed by atoms with Gasteiger partial charge in [0.15, 0.2) is 0 Å². The number of hydrogen-bond donors (Lipinski definition) is 1. The molecule has 3 aromatic carbocycles. The van der Waals surface area contributed by atoms with E-state index >= 15 is 0 Å². The van der Waals surface area contributed by atoms with Gasteiger partial charge in [-0.2, -0.15) is 0 Å². The molecule has 0 aliphatic carbocycles. The molecule has 3 aromatic rings. The van der Waals surface area contributed by atoms with Crippen molar-refractivity contribution in [1.82, 2.24) is 4.90 Å². The Bertz CT molecular complexity index is 1040. The first-order valence-corrected chi connectivity index (χ1v) is 8.94. The molecule has 0 spiro atoms. The number of para-hydroxylation sites is 1. The Balaban J connectivity index is 1.92. The largest absolute Gasteiger partial charge is 0.465 e. The second-order valence-corrected chi connectivity index (χ2v) is 6.75. The Morgan fingerprint density at radius 1 is 0.893 bits per heavy atom. The van der Waals surface area contributed by atoms with Gasteiger partial charge in [-0.05, 0) is 16.7 Å². The van der Waals surface area contributed by atoms with Crippen molar-refractivity contribution in [3.05, 3.63) is 111 Å². The van der Waals surface area contributed by atoms with Crippen LogP contribution >= 0.6 is 0 Å². The van der Waals surface area contributed by atoms with Gasteiger partial charge >= 0.3 is 6.09 Å². The number of nitro benzene ring substituents is 1. The van der Waals surface area contributed by atoms with Crippen LogP contribution in [0.25, 0.3) is 0 Å². The predicted octanol–water partition coefficient (Wildman–Crippen LogP) is 4.81. The minimum absolute atomic E-state index is 0.00537. The van der Waals surface area contributed by atoms with Crippen LogP contribution in [0.3, 0.4) is 0 Å². The van der Waals surface area contributed by atoms with Crippen molar-refractivity contribution in [2.45, 2.75) is 12.0 Å². The van der Waals surface area contributed by atoms with Crippen LogP contribution in [0, 0.1) is 10.1 Å². The number of rotatable bonds is 3. The van der Waals surface area contributed by atoms with Crippen LogP contribution < -0.4 is 0 Å². The van der Waals surface area contributed by atoms with Crippen molar-refractivity contribution in [2.75, 3.05) is 6.54 Å². The topological polar surface area (TPSA) is 83.7 Å². The van der Waals surface area contributed by atoms with Gasteiger partial charge in [0.05, 0.1) is 11.0 Å². The van der Waals surface area contributed by atoms with Crippen molar-refractivity contribution < 1.29 is 14.8 Å². The number of benzene rings is 3. The zero-order chi connectivity index (χ0) is 19.7. The van der Waals surface area contributed by atoms with Crippen molar-refractivity contribution >= 4 is 11.8 Å². The summed E-state index contributed by atoms with van der Waals surface area (Å²) >= 11 is 0. The van der Waals surface area contributed by atoms with Crippen LogP contribution in [0.15, 0.2) is 78.9 Å². The minimum Gasteiger partial charge on any atom is -0.465 e. The van der Waals surface area contributed by atoms with Gasteiger partial charge in [0.1, 0.15) is 0 Å². The van der Waals surface area contributed by atoms with Gasteiger partial charge in [0, 0.05) is 24.1 Å². The number of carboxylic acid groups (broad SMARTS) is 1. The van der Waals surface area contributed by atoms with Crippen LogP contribution in [0.5, 0.6) is 0 Å². The summed E-state index contributed by atoms with van der Waals surface area (Å²) in [7, 11) is 0. The molecular weight excluding hydrogens is 356 g/mol. The zero-order valence-electron chi connectivity index (χ0n) is 14.9. The van der Waals surface area contributed by atoms with E-state index in [-0.39, 0.29) is 12.2 Å². The maximum absolute atomic E-state index is 12.1. The Morgan fingerprint density at radius 2 is 1.46 bits per heavy atom. The molecule has 2 unspecified atom stereocenters. The van der Waals surface area contributed by atoms with Crippen LogP contribution in [0.4, 0.5) is 10.5 Å². The number of nitro groups is 1. The molecule has 0 radical (unpaired) electrons. The Hall–Kier alpha value is -3.67. The lowest BCUT2D eigenvalue weighted by molar-refractivity contribution is -0.385. The fourth-order valence-electron chi connectivity index (χ4n) is 4.04. The number of hydrogen-bond acceptors (Lipinski definition) is 3. The quantitative estimate of drug-likeness (QED) is 0.527. The maximum Gasteiger partial charge on any atom is 0.408 e. The molecule has 0 fully saturated rings. The van der Waals surface area contributed by atoms with E-state index in [2.05, 4.69) is 0 Å². The predicted molar refractivity (Wildman–Crippen MR) is 104 cm³/mol. The number of nitrogens with zero attached hydrogens (tertiary/aromatic N) is 2. The van der Waals surface area contributed by atoms with Crippen molar-refractivity contribution in [1.29, 1.82) is 0 Å². The molecule has 6 nitrogen and oxygen atoms in total. The highest BCUT2D eigenvalue weighted by Gasteiger charge is 2.39. The van der Waals surface area contributed by atoms with E-state index in [4.69, 9.17) is 0 Å². The van der Waals surface area contributed by atoms with Gasteiger partial charge in [-0.25, -0.2) is 4.79 Å². The lowest BCUT2D eigenvalue weighted by Crippen LogP contribution is -2.42. The maximum atomic E-state index is 12.1. The normalized spacial score (nSPS) is 18.4. The van der Waals surface area contributed by atoms with Gasteiger partial charge in [0.25, 0.3) is 5.69 Å². The van der Waals surface area contributed by atoms with E-state index in [0.29, 0.717) is 5.56 Å². The van der Waals surface area contributed by atoms with Crippen LogP contribution in [0.1, 0.15) is 34.2 Å². The molecule has 1 aliphatic rings. The standard InChI is InChI=1S/C22H18N2O4/c25-22(26)23-14-19(17-11-6-7-13-20(17)24(27)28)16-10-4-5-12-18(16)21(23)15-8-2-1-3-9-15/h1-13,19,21H,14H2,(H,25,26). The average molecular weight is 374 g/mol. The smallest absolute Gasteiger partial charge is 0.408 e. The van der Waals surface area contributed by atoms with E-state index in [9.17, 15) is 20.0 Å². The molecule has 0 aromatic heterocycles. The van der Waals surface area contributed by atoms with E-state index in [1.54, 1.807) is 18.2 Å². The van der Waals surface area contributed by atoms with E-state index in [1.165, 1.54) is 11.0 Å². The summed E-state index contributed by atoms with van der Waals surface area (Å²) in [6, 6.07) is 23.2. The summed E-state index contributed by atoms with van der Waals surface area (Å²) in [5.74, 6) is -0.408. The number of fused-ring (bicyclic) bond motifs is 1. The summed E-state index contributed by atoms with van der Waals surface area (Å²) < 4.78 is 0. The fourth-order valence-corrected chi connectivity index (χ4v) is 4.04. The first-order chi connectivity index (χ1) is 13.6. The van der Waals surface area contributed by atoms with Gasteiger partial charge in [-0.1, -0.05) is 72.8 Å². The minimum atomic E-state index is -1.05. The van der Waals surface area contributed by atoms with Crippen molar-refractivity contribution in [3.63, 3.8) is 0 Å². The Kier molecular flexibility index (Phi) is 4.53. The third-order valence-corrected chi connectivity index (χ3v) is 5.23. The second kappa shape index (κ2) is 7.15. The SMILES string of the molecule is O=C(O)N1CC(c2ccccc2[N+](=O)[O-])c2ccccc2C1c1ccccc1. The second-order valence-electron chi connectivity index (χ2n) is 6.75. The summed E-state index contributed by atoms with van der Waals surface area (Å²) in [6.45, 7) is 0.150. The van der Waals surface area contributed by atoms with E-state index in [0.717, 1.165) is 16.7 Å². The molecule has 4 rings (SSSR count). The zero-order valence-corrected chi connectivity index (χ0v) is 14.9. The summed E-state index contributed by atoms with van der Waals surface area (Å²) in [5, 5.41) is 21.5. The molecule has 2 atom stereocenters. The van der Waals surface area contributed by atoms with Crippen LogP contribution in [0.2, 0.25) is 0 Å². The molecule has 28 heavy (non-hydrogen) atoms. The van der Waals surface area contributed by atoms with Crippen LogP contribution in [-0.2, 0) is 0 Å². The molecule has 0 bridgehead atoms. The molecule has 1 N–H and O–H groups in total. The first-order valence-electron chi connectivity index (χ1n) is 8.94. The molecule has 0 saturated carbocycles.